The van der Waals surface area contributed by atoms with E-state index in [9.17, 15) is 0 Å². The minimum absolute atomic E-state index is 0.146. The molecule has 0 radical (unpaired) electrons. The van der Waals surface area contributed by atoms with Crippen LogP contribution in [0.25, 0.3) is 0 Å². The van der Waals surface area contributed by atoms with Crippen molar-refractivity contribution >= 4 is 23.2 Å². The monoisotopic (exact) mass is 189 g/mol. The Hall–Kier alpha value is -0.310. The van der Waals surface area contributed by atoms with Crippen LogP contribution in [0.3, 0.4) is 0 Å². The summed E-state index contributed by atoms with van der Waals surface area (Å²) in [5.74, 6) is 0. The first-order chi connectivity index (χ1) is 5.27. The van der Waals surface area contributed by atoms with Gasteiger partial charge in [-0.25, -0.2) is 4.98 Å². The summed E-state index contributed by atoms with van der Waals surface area (Å²) < 4.78 is 5.05. The average molecular weight is 190 g/mol. The van der Waals surface area contributed by atoms with Crippen LogP contribution in [0.15, 0.2) is 12.3 Å². The summed E-state index contributed by atoms with van der Waals surface area (Å²) in [4.78, 5) is 3.90. The number of ether oxygens (including phenoxy) is 1. The first-order valence-electron chi connectivity index (χ1n) is 3.20. The molecule has 2 heterocycles. The Morgan fingerprint density at radius 1 is 1.55 bits per heavy atom. The Morgan fingerprint density at radius 3 is 2.82 bits per heavy atom. The summed E-state index contributed by atoms with van der Waals surface area (Å²) in [6.45, 7) is 0.739. The maximum Gasteiger partial charge on any atom is 0.130 e. The second kappa shape index (κ2) is 2.63. The number of nitrogens with zero attached hydrogens (tertiary/aromatic N) is 1. The van der Waals surface area contributed by atoms with Crippen molar-refractivity contribution < 1.29 is 4.74 Å². The van der Waals surface area contributed by atoms with E-state index in [2.05, 4.69) is 4.98 Å². The minimum atomic E-state index is 0.146. The van der Waals surface area contributed by atoms with Crippen LogP contribution in [0.5, 0.6) is 0 Å². The van der Waals surface area contributed by atoms with Gasteiger partial charge in [0.05, 0.1) is 11.6 Å². The smallest absolute Gasteiger partial charge is 0.130 e. The van der Waals surface area contributed by atoms with Gasteiger partial charge in [0.25, 0.3) is 0 Å². The molecule has 11 heavy (non-hydrogen) atoms. The molecule has 1 aliphatic heterocycles. The van der Waals surface area contributed by atoms with E-state index in [0.717, 1.165) is 12.2 Å². The van der Waals surface area contributed by atoms with Crippen molar-refractivity contribution in [2.45, 2.75) is 6.10 Å². The third-order valence-corrected chi connectivity index (χ3v) is 2.06. The van der Waals surface area contributed by atoms with Crippen LogP contribution in [-0.4, -0.2) is 11.6 Å². The van der Waals surface area contributed by atoms with Crippen molar-refractivity contribution in [1.82, 2.24) is 4.98 Å². The summed E-state index contributed by atoms with van der Waals surface area (Å²) in [7, 11) is 0. The van der Waals surface area contributed by atoms with Crippen LogP contribution in [0.1, 0.15) is 11.7 Å². The molecular formula is C7H5Cl2NO. The Bertz CT molecular complexity index is 286. The highest BCUT2D eigenvalue weighted by atomic mass is 35.5. The van der Waals surface area contributed by atoms with Crippen LogP contribution in [-0.2, 0) is 4.74 Å². The predicted octanol–water partition coefficient (Wildman–Crippen LogP) is 2.46. The number of rotatable bonds is 1. The molecule has 0 saturated carbocycles. The predicted molar refractivity (Wildman–Crippen MR) is 43.0 cm³/mol. The maximum atomic E-state index is 5.86. The molecule has 2 nitrogen and oxygen atoms in total. The number of aromatic nitrogens is 1. The normalized spacial score (nSPS) is 21.8. The van der Waals surface area contributed by atoms with Gasteiger partial charge in [-0.1, -0.05) is 23.2 Å². The molecule has 58 valence electrons. The topological polar surface area (TPSA) is 25.4 Å². The molecule has 1 saturated heterocycles. The molecule has 0 spiro atoms. The second-order valence-corrected chi connectivity index (χ2v) is 3.14. The fourth-order valence-corrected chi connectivity index (χ4v) is 1.37. The Morgan fingerprint density at radius 2 is 2.27 bits per heavy atom. The molecule has 4 heteroatoms. The van der Waals surface area contributed by atoms with E-state index >= 15 is 0 Å². The highest BCUT2D eigenvalue weighted by Gasteiger charge is 2.27. The lowest BCUT2D eigenvalue weighted by atomic mass is 10.2. The Labute approximate surface area is 74.1 Å². The van der Waals surface area contributed by atoms with E-state index in [4.69, 9.17) is 27.9 Å². The summed E-state index contributed by atoms with van der Waals surface area (Å²) in [6.07, 6.45) is 1.80. The highest BCUT2D eigenvalue weighted by molar-refractivity contribution is 6.34. The van der Waals surface area contributed by atoms with E-state index in [1.807, 2.05) is 0 Å². The van der Waals surface area contributed by atoms with Gasteiger partial charge in [0.15, 0.2) is 0 Å². The molecule has 1 fully saturated rings. The third kappa shape index (κ3) is 1.48. The quantitative estimate of drug-likeness (QED) is 0.502. The number of hydrogen-bond acceptors (Lipinski definition) is 2. The van der Waals surface area contributed by atoms with Crippen LogP contribution in [0.2, 0.25) is 10.2 Å². The Balaban J connectivity index is 2.39. The number of halogens is 2. The minimum Gasteiger partial charge on any atom is -0.368 e. The fraction of sp³-hybridized carbons (Fsp3) is 0.286. The van der Waals surface area contributed by atoms with Crippen molar-refractivity contribution in [2.24, 2.45) is 0 Å². The largest absolute Gasteiger partial charge is 0.368 e. The van der Waals surface area contributed by atoms with E-state index < -0.39 is 0 Å². The van der Waals surface area contributed by atoms with Gasteiger partial charge in [-0.2, -0.15) is 0 Å². The molecule has 0 aromatic carbocycles. The van der Waals surface area contributed by atoms with Gasteiger partial charge in [-0.3, -0.25) is 0 Å². The van der Waals surface area contributed by atoms with Crippen molar-refractivity contribution in [3.8, 4) is 0 Å². The van der Waals surface area contributed by atoms with E-state index in [1.54, 1.807) is 12.3 Å². The van der Waals surface area contributed by atoms with Crippen molar-refractivity contribution in [3.05, 3.63) is 28.0 Å². The molecule has 0 amide bonds. The first-order valence-corrected chi connectivity index (χ1v) is 3.95. The van der Waals surface area contributed by atoms with Crippen molar-refractivity contribution in [1.29, 1.82) is 0 Å². The van der Waals surface area contributed by atoms with Gasteiger partial charge in [0, 0.05) is 11.8 Å². The summed E-state index contributed by atoms with van der Waals surface area (Å²) in [5.41, 5.74) is 0.927. The zero-order valence-electron chi connectivity index (χ0n) is 5.55. The van der Waals surface area contributed by atoms with E-state index in [0.29, 0.717) is 10.2 Å². The van der Waals surface area contributed by atoms with Crippen molar-refractivity contribution in [2.75, 3.05) is 6.61 Å². The average Bonchev–Trinajstić information content (AvgIpc) is 2.70. The van der Waals surface area contributed by atoms with Gasteiger partial charge >= 0.3 is 0 Å². The van der Waals surface area contributed by atoms with Gasteiger partial charge in [0.2, 0.25) is 0 Å². The SMILES string of the molecule is Clc1cc(Cl)c(C2CO2)cn1. The first kappa shape index (κ1) is 7.35. The van der Waals surface area contributed by atoms with Crippen LogP contribution in [0, 0.1) is 0 Å². The molecule has 2 rings (SSSR count). The zero-order valence-corrected chi connectivity index (χ0v) is 7.06. The molecule has 1 aromatic heterocycles. The molecule has 1 unspecified atom stereocenters. The molecule has 0 aliphatic carbocycles. The number of pyridine rings is 1. The van der Waals surface area contributed by atoms with E-state index in [-0.39, 0.29) is 6.10 Å². The fourth-order valence-electron chi connectivity index (χ4n) is 0.883. The Kier molecular flexibility index (Phi) is 1.75. The lowest BCUT2D eigenvalue weighted by Crippen LogP contribution is -1.85. The van der Waals surface area contributed by atoms with Gasteiger partial charge in [-0.15, -0.1) is 0 Å². The van der Waals surface area contributed by atoms with Gasteiger partial charge in [-0.05, 0) is 6.07 Å². The zero-order chi connectivity index (χ0) is 7.84. The second-order valence-electron chi connectivity index (χ2n) is 2.35. The molecule has 1 atom stereocenters. The maximum absolute atomic E-state index is 5.86. The summed E-state index contributed by atoms with van der Waals surface area (Å²) >= 11 is 11.5. The molecule has 1 aromatic rings. The summed E-state index contributed by atoms with van der Waals surface area (Å²) in [5, 5.41) is 1.05. The lowest BCUT2D eigenvalue weighted by Gasteiger charge is -1.97. The molecule has 1 aliphatic rings. The number of hydrogen-bond donors (Lipinski definition) is 0. The van der Waals surface area contributed by atoms with E-state index in [1.165, 1.54) is 0 Å². The van der Waals surface area contributed by atoms with Crippen LogP contribution >= 0.6 is 23.2 Å². The van der Waals surface area contributed by atoms with Crippen LogP contribution < -0.4 is 0 Å². The summed E-state index contributed by atoms with van der Waals surface area (Å²) in [6, 6.07) is 1.63. The van der Waals surface area contributed by atoms with Crippen LogP contribution in [0.4, 0.5) is 0 Å². The third-order valence-electron chi connectivity index (χ3n) is 1.53. The molecule has 0 N–H and O–H groups in total. The standard InChI is InChI=1S/C7H5Cl2NO/c8-5-1-7(9)10-2-4(5)6-3-11-6/h1-2,6H,3H2. The lowest BCUT2D eigenvalue weighted by molar-refractivity contribution is 0.415. The van der Waals surface area contributed by atoms with Gasteiger partial charge in [0.1, 0.15) is 11.3 Å². The highest BCUT2D eigenvalue weighted by Crippen LogP contribution is 2.34. The van der Waals surface area contributed by atoms with Gasteiger partial charge < -0.3 is 4.74 Å². The van der Waals surface area contributed by atoms with Crippen molar-refractivity contribution in [3.63, 3.8) is 0 Å². The molecule has 0 bridgehead atoms. The number of epoxide rings is 1. The molecular weight excluding hydrogens is 185 g/mol.